The van der Waals surface area contributed by atoms with Crippen molar-refractivity contribution in [1.29, 1.82) is 0 Å². The second-order valence-corrected chi connectivity index (χ2v) is 8.51. The molecule has 3 fully saturated rings. The van der Waals surface area contributed by atoms with Gasteiger partial charge in [-0.25, -0.2) is 0 Å². The molecular weight excluding hydrogens is 312 g/mol. The molecule has 1 amide bonds. The number of anilines is 1. The molecule has 2 saturated heterocycles. The molecule has 0 radical (unpaired) electrons. The average molecular weight is 336 g/mol. The first-order chi connectivity index (χ1) is 12.3. The average Bonchev–Trinajstić information content (AvgIpc) is 3.17. The fourth-order valence-electron chi connectivity index (χ4n) is 7.00. The van der Waals surface area contributed by atoms with E-state index in [1.165, 1.54) is 17.6 Å². The Hall–Kier alpha value is -1.65. The maximum atomic E-state index is 12.9. The van der Waals surface area contributed by atoms with Gasteiger partial charge >= 0.3 is 0 Å². The fraction of sp³-hybridized carbons (Fsp3) is 0.571. The summed E-state index contributed by atoms with van der Waals surface area (Å²) in [5, 5.41) is 9.58. The van der Waals surface area contributed by atoms with Gasteiger partial charge in [-0.05, 0) is 54.8 Å². The van der Waals surface area contributed by atoms with E-state index in [-0.39, 0.29) is 24.0 Å². The smallest absolute Gasteiger partial charge is 0.231 e. The van der Waals surface area contributed by atoms with Crippen LogP contribution in [0.5, 0.6) is 0 Å². The lowest BCUT2D eigenvalue weighted by Gasteiger charge is -2.56. The number of aliphatic hydroxyl groups is 1. The first kappa shape index (κ1) is 14.5. The van der Waals surface area contributed by atoms with Gasteiger partial charge in [-0.1, -0.05) is 24.3 Å². The number of fused-ring (bicyclic) bond motifs is 4. The van der Waals surface area contributed by atoms with Gasteiger partial charge in [-0.3, -0.25) is 9.69 Å². The molecular formula is C21H24N2O2. The van der Waals surface area contributed by atoms with Crippen LogP contribution in [-0.2, 0) is 10.2 Å². The molecule has 2 bridgehead atoms. The highest BCUT2D eigenvalue weighted by Gasteiger charge is 2.67. The second-order valence-electron chi connectivity index (χ2n) is 8.51. The summed E-state index contributed by atoms with van der Waals surface area (Å²) < 4.78 is 0. The number of hydrogen-bond acceptors (Lipinski definition) is 3. The molecule has 1 spiro atoms. The maximum absolute atomic E-state index is 12.9. The predicted molar refractivity (Wildman–Crippen MR) is 95.4 cm³/mol. The van der Waals surface area contributed by atoms with Crippen LogP contribution >= 0.6 is 0 Å². The van der Waals surface area contributed by atoms with Gasteiger partial charge in [0, 0.05) is 36.7 Å². The van der Waals surface area contributed by atoms with Crippen molar-refractivity contribution in [3.8, 4) is 0 Å². The SMILES string of the molecule is O=C1CC=C2C3CC4N(CCC45c4ccccc4N1C25)CC3CCO. The van der Waals surface area contributed by atoms with E-state index >= 15 is 0 Å². The Morgan fingerprint density at radius 1 is 1.28 bits per heavy atom. The topological polar surface area (TPSA) is 43.8 Å². The molecule has 4 heteroatoms. The summed E-state index contributed by atoms with van der Waals surface area (Å²) in [5.74, 6) is 1.33. The molecule has 4 aliphatic heterocycles. The molecule has 1 N–H and O–H groups in total. The quantitative estimate of drug-likeness (QED) is 0.841. The molecule has 4 heterocycles. The van der Waals surface area contributed by atoms with Gasteiger partial charge in [-0.15, -0.1) is 0 Å². The molecule has 5 atom stereocenters. The van der Waals surface area contributed by atoms with Crippen molar-refractivity contribution in [1.82, 2.24) is 4.90 Å². The van der Waals surface area contributed by atoms with Crippen molar-refractivity contribution in [3.63, 3.8) is 0 Å². The summed E-state index contributed by atoms with van der Waals surface area (Å²) in [6, 6.07) is 9.42. The van der Waals surface area contributed by atoms with E-state index in [4.69, 9.17) is 0 Å². The number of hydrogen-bond donors (Lipinski definition) is 1. The summed E-state index contributed by atoms with van der Waals surface area (Å²) in [6.45, 7) is 2.50. The third-order valence-electron chi connectivity index (χ3n) is 7.80. The van der Waals surface area contributed by atoms with E-state index in [0.717, 1.165) is 31.6 Å². The van der Waals surface area contributed by atoms with Crippen molar-refractivity contribution in [3.05, 3.63) is 41.5 Å². The van der Waals surface area contributed by atoms with E-state index in [9.17, 15) is 9.90 Å². The van der Waals surface area contributed by atoms with Gasteiger partial charge < -0.3 is 10.0 Å². The van der Waals surface area contributed by atoms with E-state index in [2.05, 4.69) is 40.1 Å². The van der Waals surface area contributed by atoms with Crippen LogP contribution in [0.25, 0.3) is 0 Å². The largest absolute Gasteiger partial charge is 0.396 e. The Labute approximate surface area is 148 Å². The zero-order valence-electron chi connectivity index (χ0n) is 14.4. The molecule has 6 rings (SSSR count). The number of piperidine rings is 1. The van der Waals surface area contributed by atoms with E-state index < -0.39 is 0 Å². The van der Waals surface area contributed by atoms with Gasteiger partial charge in [0.1, 0.15) is 0 Å². The number of aliphatic hydroxyl groups excluding tert-OH is 1. The molecule has 0 aromatic heterocycles. The number of carbonyl (C=O) groups is 1. The molecule has 25 heavy (non-hydrogen) atoms. The molecule has 1 aromatic rings. The monoisotopic (exact) mass is 336 g/mol. The van der Waals surface area contributed by atoms with Crippen LogP contribution in [0.1, 0.15) is 31.2 Å². The van der Waals surface area contributed by atoms with Gasteiger partial charge in [0.05, 0.1) is 6.04 Å². The number of benzene rings is 1. The minimum atomic E-state index is 0.0964. The number of carbonyl (C=O) groups excluding carboxylic acids is 1. The highest BCUT2D eigenvalue weighted by Crippen LogP contribution is 2.64. The van der Waals surface area contributed by atoms with Crippen LogP contribution in [0.15, 0.2) is 35.9 Å². The minimum Gasteiger partial charge on any atom is -0.396 e. The zero-order valence-corrected chi connectivity index (χ0v) is 14.4. The molecule has 4 nitrogen and oxygen atoms in total. The van der Waals surface area contributed by atoms with E-state index in [1.807, 2.05) is 0 Å². The first-order valence-corrected chi connectivity index (χ1v) is 9.72. The van der Waals surface area contributed by atoms with Crippen LogP contribution < -0.4 is 4.90 Å². The summed E-state index contributed by atoms with van der Waals surface area (Å²) in [5.41, 5.74) is 4.18. The first-order valence-electron chi connectivity index (χ1n) is 9.72. The Balaban J connectivity index is 1.60. The molecule has 5 unspecified atom stereocenters. The van der Waals surface area contributed by atoms with Crippen molar-refractivity contribution >= 4 is 11.6 Å². The fourth-order valence-corrected chi connectivity index (χ4v) is 7.00. The lowest BCUT2D eigenvalue weighted by Crippen LogP contribution is -2.64. The Morgan fingerprint density at radius 3 is 3.04 bits per heavy atom. The minimum absolute atomic E-state index is 0.0964. The summed E-state index contributed by atoms with van der Waals surface area (Å²) >= 11 is 0. The van der Waals surface area contributed by atoms with Crippen molar-refractivity contribution in [2.24, 2.45) is 11.8 Å². The van der Waals surface area contributed by atoms with Crippen molar-refractivity contribution in [2.75, 3.05) is 24.6 Å². The highest BCUT2D eigenvalue weighted by molar-refractivity contribution is 6.00. The molecule has 1 saturated carbocycles. The summed E-state index contributed by atoms with van der Waals surface area (Å²) in [4.78, 5) is 17.7. The standard InChI is InChI=1S/C21H24N2O2/c24-10-7-13-12-22-9-8-21-16-3-1-2-4-17(16)23-19(25)6-5-14(20(21)23)15(13)11-18(21)22/h1-5,13,15,18,20,24H,6-12H2. The van der Waals surface area contributed by atoms with Gasteiger partial charge in [0.25, 0.3) is 0 Å². The third kappa shape index (κ3) is 1.55. The Morgan fingerprint density at radius 2 is 2.16 bits per heavy atom. The Bertz CT molecular complexity index is 803. The van der Waals surface area contributed by atoms with E-state index in [1.54, 1.807) is 0 Å². The second kappa shape index (κ2) is 4.74. The van der Waals surface area contributed by atoms with E-state index in [0.29, 0.717) is 24.3 Å². The van der Waals surface area contributed by atoms with Gasteiger partial charge in [-0.2, -0.15) is 0 Å². The summed E-state index contributed by atoms with van der Waals surface area (Å²) in [6.07, 6.45) is 6.03. The molecule has 5 aliphatic rings. The van der Waals surface area contributed by atoms with Crippen molar-refractivity contribution < 1.29 is 9.90 Å². The van der Waals surface area contributed by atoms with Crippen LogP contribution in [0.4, 0.5) is 5.69 Å². The van der Waals surface area contributed by atoms with Crippen LogP contribution in [0.3, 0.4) is 0 Å². The molecule has 130 valence electrons. The lowest BCUT2D eigenvalue weighted by atomic mass is 9.56. The van der Waals surface area contributed by atoms with Gasteiger partial charge in [0.15, 0.2) is 0 Å². The number of amides is 1. The maximum Gasteiger partial charge on any atom is 0.231 e. The molecule has 1 aliphatic carbocycles. The Kier molecular flexibility index (Phi) is 2.75. The molecule has 1 aromatic carbocycles. The van der Waals surface area contributed by atoms with Crippen LogP contribution in [-0.4, -0.2) is 47.7 Å². The van der Waals surface area contributed by atoms with Crippen LogP contribution in [0.2, 0.25) is 0 Å². The van der Waals surface area contributed by atoms with Gasteiger partial charge in [0.2, 0.25) is 5.91 Å². The van der Waals surface area contributed by atoms with Crippen molar-refractivity contribution in [2.45, 2.75) is 43.2 Å². The third-order valence-corrected chi connectivity index (χ3v) is 7.80. The van der Waals surface area contributed by atoms with Crippen LogP contribution in [0, 0.1) is 11.8 Å². The predicted octanol–water partition coefficient (Wildman–Crippen LogP) is 2.08. The number of rotatable bonds is 2. The number of nitrogens with zero attached hydrogens (tertiary/aromatic N) is 2. The number of para-hydroxylation sites is 1. The normalized spacial score (nSPS) is 40.8. The summed E-state index contributed by atoms with van der Waals surface area (Å²) in [7, 11) is 0. The lowest BCUT2D eigenvalue weighted by molar-refractivity contribution is -0.119. The highest BCUT2D eigenvalue weighted by atomic mass is 16.3. The zero-order chi connectivity index (χ0) is 16.8.